The first-order valence-electron chi connectivity index (χ1n) is 4.69. The van der Waals surface area contributed by atoms with Gasteiger partial charge in [0.1, 0.15) is 6.17 Å². The molecule has 3 nitrogen and oxygen atoms in total. The van der Waals surface area contributed by atoms with Crippen LogP contribution in [0.2, 0.25) is 0 Å². The maximum atomic E-state index is 12.5. The van der Waals surface area contributed by atoms with E-state index in [-0.39, 0.29) is 24.4 Å². The number of carbonyl (C=O) groups excluding carboxylic acids is 1. The molecule has 2 rings (SSSR count). The summed E-state index contributed by atoms with van der Waals surface area (Å²) < 4.78 is 17.6. The predicted molar refractivity (Wildman–Crippen MR) is 45.0 cm³/mol. The fraction of sp³-hybridized carbons (Fsp3) is 0.889. The monoisotopic (exact) mass is 187 g/mol. The number of nitrogens with zero attached hydrogens (tertiary/aromatic N) is 1. The first-order valence-corrected chi connectivity index (χ1v) is 4.69. The van der Waals surface area contributed by atoms with Crippen LogP contribution in [0.1, 0.15) is 13.3 Å². The van der Waals surface area contributed by atoms with Crippen LogP contribution in [0, 0.1) is 5.41 Å². The van der Waals surface area contributed by atoms with Crippen molar-refractivity contribution in [3.63, 3.8) is 0 Å². The van der Waals surface area contributed by atoms with Gasteiger partial charge in [0.15, 0.2) is 0 Å². The van der Waals surface area contributed by atoms with Crippen LogP contribution < -0.4 is 0 Å². The number of ether oxygens (including phenoxy) is 1. The molecule has 0 spiro atoms. The van der Waals surface area contributed by atoms with Crippen molar-refractivity contribution in [1.82, 2.24) is 4.90 Å². The van der Waals surface area contributed by atoms with E-state index in [4.69, 9.17) is 4.74 Å². The normalized spacial score (nSPS) is 26.5. The predicted octanol–water partition coefficient (Wildman–Crippen LogP) is 0.593. The van der Waals surface area contributed by atoms with Crippen molar-refractivity contribution in [1.29, 1.82) is 0 Å². The number of hydrogen-bond donors (Lipinski definition) is 0. The molecule has 0 aromatic carbocycles. The zero-order valence-corrected chi connectivity index (χ0v) is 7.75. The van der Waals surface area contributed by atoms with E-state index in [1.165, 1.54) is 0 Å². The minimum Gasteiger partial charge on any atom is -0.379 e. The van der Waals surface area contributed by atoms with Gasteiger partial charge >= 0.3 is 0 Å². The summed E-state index contributed by atoms with van der Waals surface area (Å²) in [4.78, 5) is 13.4. The van der Waals surface area contributed by atoms with Crippen LogP contribution in [0.25, 0.3) is 0 Å². The van der Waals surface area contributed by atoms with Crippen LogP contribution in [-0.2, 0) is 9.53 Å². The summed E-state index contributed by atoms with van der Waals surface area (Å²) >= 11 is 0. The van der Waals surface area contributed by atoms with Gasteiger partial charge in [0.2, 0.25) is 5.91 Å². The quantitative estimate of drug-likeness (QED) is 0.633. The van der Waals surface area contributed by atoms with E-state index in [2.05, 4.69) is 0 Å². The lowest BCUT2D eigenvalue weighted by atomic mass is 9.81. The molecule has 4 heteroatoms. The SMILES string of the molecule is CCC1(C(=O)N2CC(F)C2)COC1. The van der Waals surface area contributed by atoms with Crippen LogP contribution in [-0.4, -0.2) is 43.3 Å². The molecule has 2 fully saturated rings. The number of rotatable bonds is 2. The topological polar surface area (TPSA) is 29.5 Å². The first-order chi connectivity index (χ1) is 6.18. The van der Waals surface area contributed by atoms with Gasteiger partial charge in [0.05, 0.1) is 31.7 Å². The molecule has 74 valence electrons. The molecular weight excluding hydrogens is 173 g/mol. The van der Waals surface area contributed by atoms with Crippen molar-refractivity contribution in [3.8, 4) is 0 Å². The summed E-state index contributed by atoms with van der Waals surface area (Å²) in [5, 5.41) is 0. The zero-order chi connectivity index (χ0) is 9.47. The van der Waals surface area contributed by atoms with Gasteiger partial charge in [-0.2, -0.15) is 0 Å². The van der Waals surface area contributed by atoms with Gasteiger partial charge in [-0.25, -0.2) is 4.39 Å². The fourth-order valence-electron chi connectivity index (χ4n) is 1.75. The average Bonchev–Trinajstić information content (AvgIpc) is 1.97. The Kier molecular flexibility index (Phi) is 2.02. The molecule has 0 aromatic heterocycles. The lowest BCUT2D eigenvalue weighted by Crippen LogP contribution is -2.61. The van der Waals surface area contributed by atoms with Crippen LogP contribution in [0.5, 0.6) is 0 Å². The third-order valence-corrected chi connectivity index (χ3v) is 3.01. The van der Waals surface area contributed by atoms with Crippen molar-refractivity contribution in [2.75, 3.05) is 26.3 Å². The smallest absolute Gasteiger partial charge is 0.233 e. The van der Waals surface area contributed by atoms with E-state index in [1.54, 1.807) is 4.90 Å². The lowest BCUT2D eigenvalue weighted by Gasteiger charge is -2.46. The van der Waals surface area contributed by atoms with Crippen LogP contribution in [0.3, 0.4) is 0 Å². The lowest BCUT2D eigenvalue weighted by molar-refractivity contribution is -0.179. The van der Waals surface area contributed by atoms with Crippen LogP contribution >= 0.6 is 0 Å². The summed E-state index contributed by atoms with van der Waals surface area (Å²) in [6.07, 6.45) is -0.0157. The van der Waals surface area contributed by atoms with E-state index in [1.807, 2.05) is 6.92 Å². The molecule has 0 unspecified atom stereocenters. The number of halogens is 1. The molecule has 0 radical (unpaired) electrons. The van der Waals surface area contributed by atoms with Gasteiger partial charge in [-0.05, 0) is 6.42 Å². The zero-order valence-electron chi connectivity index (χ0n) is 7.75. The number of hydrogen-bond acceptors (Lipinski definition) is 2. The van der Waals surface area contributed by atoms with Crippen molar-refractivity contribution in [2.24, 2.45) is 5.41 Å². The Morgan fingerprint density at radius 3 is 2.54 bits per heavy atom. The Balaban J connectivity index is 1.96. The maximum absolute atomic E-state index is 12.5. The number of carbonyl (C=O) groups is 1. The Morgan fingerprint density at radius 2 is 2.23 bits per heavy atom. The van der Waals surface area contributed by atoms with Crippen molar-refractivity contribution < 1.29 is 13.9 Å². The Bertz CT molecular complexity index is 216. The molecule has 2 heterocycles. The largest absolute Gasteiger partial charge is 0.379 e. The highest BCUT2D eigenvalue weighted by Gasteiger charge is 2.48. The number of likely N-dealkylation sites (tertiary alicyclic amines) is 1. The molecule has 0 saturated carbocycles. The molecule has 13 heavy (non-hydrogen) atoms. The van der Waals surface area contributed by atoms with E-state index < -0.39 is 6.17 Å². The molecule has 2 saturated heterocycles. The second-order valence-corrected chi connectivity index (χ2v) is 3.93. The van der Waals surface area contributed by atoms with E-state index >= 15 is 0 Å². The highest BCUT2D eigenvalue weighted by Crippen LogP contribution is 2.34. The van der Waals surface area contributed by atoms with Crippen LogP contribution in [0.4, 0.5) is 4.39 Å². The minimum atomic E-state index is -0.807. The van der Waals surface area contributed by atoms with Gasteiger partial charge in [0, 0.05) is 0 Å². The van der Waals surface area contributed by atoms with Gasteiger partial charge in [-0.15, -0.1) is 0 Å². The number of amides is 1. The molecule has 0 aliphatic carbocycles. The van der Waals surface area contributed by atoms with Crippen molar-refractivity contribution in [2.45, 2.75) is 19.5 Å². The average molecular weight is 187 g/mol. The molecular formula is C9H14FNO2. The van der Waals surface area contributed by atoms with Crippen LogP contribution in [0.15, 0.2) is 0 Å². The Morgan fingerprint density at radius 1 is 1.62 bits per heavy atom. The molecule has 2 aliphatic rings. The molecule has 0 aromatic rings. The van der Waals surface area contributed by atoms with Gasteiger partial charge in [0.25, 0.3) is 0 Å². The highest BCUT2D eigenvalue weighted by atomic mass is 19.1. The second kappa shape index (κ2) is 2.94. The second-order valence-electron chi connectivity index (χ2n) is 3.93. The van der Waals surface area contributed by atoms with Gasteiger partial charge in [-0.3, -0.25) is 4.79 Å². The fourth-order valence-corrected chi connectivity index (χ4v) is 1.75. The minimum absolute atomic E-state index is 0.0788. The van der Waals surface area contributed by atoms with E-state index in [9.17, 15) is 9.18 Å². The third-order valence-electron chi connectivity index (χ3n) is 3.01. The summed E-state index contributed by atoms with van der Waals surface area (Å²) in [5.41, 5.74) is -0.319. The van der Waals surface area contributed by atoms with E-state index in [0.717, 1.165) is 6.42 Å². The molecule has 0 N–H and O–H groups in total. The van der Waals surface area contributed by atoms with Gasteiger partial charge in [-0.1, -0.05) is 6.92 Å². The Labute approximate surface area is 76.8 Å². The molecule has 0 atom stereocenters. The van der Waals surface area contributed by atoms with Crippen molar-refractivity contribution >= 4 is 5.91 Å². The Hall–Kier alpha value is -0.640. The van der Waals surface area contributed by atoms with Crippen molar-refractivity contribution in [3.05, 3.63) is 0 Å². The molecule has 2 aliphatic heterocycles. The summed E-state index contributed by atoms with van der Waals surface area (Å²) in [6, 6.07) is 0. The summed E-state index contributed by atoms with van der Waals surface area (Å²) in [7, 11) is 0. The molecule has 1 amide bonds. The third kappa shape index (κ3) is 1.24. The standard InChI is InChI=1S/C9H14FNO2/c1-2-9(5-13-6-9)8(12)11-3-7(10)4-11/h7H,2-6H2,1H3. The maximum Gasteiger partial charge on any atom is 0.233 e. The van der Waals surface area contributed by atoms with E-state index in [0.29, 0.717) is 13.2 Å². The van der Waals surface area contributed by atoms with Gasteiger partial charge < -0.3 is 9.64 Å². The highest BCUT2D eigenvalue weighted by molar-refractivity contribution is 5.84. The number of alkyl halides is 1. The molecule has 0 bridgehead atoms. The summed E-state index contributed by atoms with van der Waals surface area (Å²) in [5.74, 6) is 0.0788. The first kappa shape index (κ1) is 8.94. The summed E-state index contributed by atoms with van der Waals surface area (Å²) in [6.45, 7) is 3.56.